The van der Waals surface area contributed by atoms with E-state index in [0.717, 1.165) is 16.3 Å². The summed E-state index contributed by atoms with van der Waals surface area (Å²) in [5, 5.41) is 28.9. The number of aromatic nitrogens is 5. The molecule has 162 valence electrons. The topological polar surface area (TPSA) is 80.8 Å². The normalized spacial score (nSPS) is 22.9. The summed E-state index contributed by atoms with van der Waals surface area (Å²) in [5.74, 6) is 0.124. The van der Waals surface area contributed by atoms with Gasteiger partial charge in [-0.2, -0.15) is 5.10 Å². The second kappa shape index (κ2) is 6.50. The molecule has 4 aromatic rings. The molecule has 0 bridgehead atoms. The number of phenolic OH excluding ortho intramolecular Hbond substituents is 1. The van der Waals surface area contributed by atoms with Crippen molar-refractivity contribution in [1.82, 2.24) is 29.9 Å². The molecule has 1 aliphatic rings. The number of piperidine rings is 1. The average Bonchev–Trinajstić information content (AvgIpc) is 3.24. The molecule has 0 unspecified atom stereocenters. The molecule has 31 heavy (non-hydrogen) atoms. The van der Waals surface area contributed by atoms with Crippen molar-refractivity contribution in [2.24, 2.45) is 7.05 Å². The number of benzene rings is 1. The fourth-order valence-electron chi connectivity index (χ4n) is 5.08. The first-order chi connectivity index (χ1) is 14.5. The van der Waals surface area contributed by atoms with Crippen molar-refractivity contribution in [2.75, 3.05) is 0 Å². The number of hydrogen-bond acceptors (Lipinski definition) is 5. The molecule has 0 amide bonds. The number of nitrogens with one attached hydrogen (secondary N) is 1. The molecule has 1 fully saturated rings. The van der Waals surface area contributed by atoms with Gasteiger partial charge >= 0.3 is 0 Å². The standard InChI is InChI=1S/C23H27FN6O/c1-22(2)11-18(20(24)23(3,4)28-22)30-7-6-13-8-17(25-26-21(13)30)15-10-16-14(9-19(15)31)12-29(5)27-16/h6-10,12,18,20,28,31H,11H2,1-5H3/t18-,20-/m0/s1. The fourth-order valence-corrected chi connectivity index (χ4v) is 5.08. The zero-order chi connectivity index (χ0) is 22.1. The van der Waals surface area contributed by atoms with Gasteiger partial charge in [-0.05, 0) is 58.4 Å². The van der Waals surface area contributed by atoms with Crippen LogP contribution in [0.25, 0.3) is 33.2 Å². The van der Waals surface area contributed by atoms with Gasteiger partial charge in [0.15, 0.2) is 5.65 Å². The second-order valence-corrected chi connectivity index (χ2v) is 9.87. The Hall–Kier alpha value is -3.00. The van der Waals surface area contributed by atoms with E-state index in [1.807, 2.05) is 56.1 Å². The van der Waals surface area contributed by atoms with Crippen LogP contribution in [0.2, 0.25) is 0 Å². The number of halogens is 1. The van der Waals surface area contributed by atoms with Crippen molar-refractivity contribution in [2.45, 2.75) is 57.4 Å². The quantitative estimate of drug-likeness (QED) is 0.508. The first-order valence-electron chi connectivity index (χ1n) is 10.5. The highest BCUT2D eigenvalue weighted by Crippen LogP contribution is 2.40. The Labute approximate surface area is 179 Å². The SMILES string of the molecule is Cn1cc2cc(O)c(-c3cc4ccn([C@H]5CC(C)(C)NC(C)(C)[C@H]5F)c4nn3)cc2n1. The molecule has 7 nitrogen and oxygen atoms in total. The number of fused-ring (bicyclic) bond motifs is 2. The summed E-state index contributed by atoms with van der Waals surface area (Å²) in [4.78, 5) is 0. The average molecular weight is 423 g/mol. The molecule has 1 saturated heterocycles. The van der Waals surface area contributed by atoms with Crippen molar-refractivity contribution >= 4 is 21.9 Å². The van der Waals surface area contributed by atoms with Crippen LogP contribution in [0.4, 0.5) is 4.39 Å². The van der Waals surface area contributed by atoms with Gasteiger partial charge in [-0.1, -0.05) is 0 Å². The van der Waals surface area contributed by atoms with Crippen LogP contribution < -0.4 is 5.32 Å². The number of alkyl halides is 1. The Morgan fingerprint density at radius 3 is 2.68 bits per heavy atom. The molecule has 8 heteroatoms. The van der Waals surface area contributed by atoms with E-state index < -0.39 is 11.7 Å². The summed E-state index contributed by atoms with van der Waals surface area (Å²) >= 11 is 0. The molecule has 0 radical (unpaired) electrons. The molecule has 1 aliphatic heterocycles. The molecule has 4 heterocycles. The monoisotopic (exact) mass is 422 g/mol. The predicted molar refractivity (Wildman–Crippen MR) is 119 cm³/mol. The summed E-state index contributed by atoms with van der Waals surface area (Å²) < 4.78 is 19.0. The van der Waals surface area contributed by atoms with Crippen molar-refractivity contribution in [3.63, 3.8) is 0 Å². The largest absolute Gasteiger partial charge is 0.507 e. The lowest BCUT2D eigenvalue weighted by atomic mass is 9.78. The van der Waals surface area contributed by atoms with Crippen LogP contribution in [-0.2, 0) is 7.05 Å². The fraction of sp³-hybridized carbons (Fsp3) is 0.435. The molecular formula is C23H27FN6O. The molecule has 0 aliphatic carbocycles. The zero-order valence-corrected chi connectivity index (χ0v) is 18.4. The van der Waals surface area contributed by atoms with Gasteiger partial charge in [-0.25, -0.2) is 4.39 Å². The summed E-state index contributed by atoms with van der Waals surface area (Å²) in [7, 11) is 1.84. The van der Waals surface area contributed by atoms with E-state index >= 15 is 4.39 Å². The van der Waals surface area contributed by atoms with Gasteiger partial charge in [-0.3, -0.25) is 4.68 Å². The number of aromatic hydroxyl groups is 1. The molecule has 1 aromatic carbocycles. The summed E-state index contributed by atoms with van der Waals surface area (Å²) in [6, 6.07) is 6.96. The van der Waals surface area contributed by atoms with Gasteiger partial charge in [0.25, 0.3) is 0 Å². The van der Waals surface area contributed by atoms with E-state index in [2.05, 4.69) is 34.5 Å². The summed E-state index contributed by atoms with van der Waals surface area (Å²) in [6.45, 7) is 7.99. The van der Waals surface area contributed by atoms with E-state index in [1.54, 1.807) is 10.7 Å². The number of aryl methyl sites for hydroxylation is 1. The van der Waals surface area contributed by atoms with Crippen LogP contribution in [0.3, 0.4) is 0 Å². The molecule has 3 aromatic heterocycles. The van der Waals surface area contributed by atoms with Crippen molar-refractivity contribution in [1.29, 1.82) is 0 Å². The lowest BCUT2D eigenvalue weighted by Crippen LogP contribution is -2.64. The van der Waals surface area contributed by atoms with Crippen molar-refractivity contribution in [3.05, 3.63) is 36.7 Å². The highest BCUT2D eigenvalue weighted by molar-refractivity contribution is 5.89. The van der Waals surface area contributed by atoms with Crippen molar-refractivity contribution < 1.29 is 9.50 Å². The maximum atomic E-state index is 15.4. The minimum absolute atomic E-state index is 0.124. The number of phenols is 1. The van der Waals surface area contributed by atoms with Crippen LogP contribution in [0.5, 0.6) is 5.75 Å². The molecule has 0 spiro atoms. The smallest absolute Gasteiger partial charge is 0.162 e. The summed E-state index contributed by atoms with van der Waals surface area (Å²) in [6.07, 6.45) is 3.30. The maximum Gasteiger partial charge on any atom is 0.162 e. The Bertz CT molecular complexity index is 1300. The minimum Gasteiger partial charge on any atom is -0.507 e. The predicted octanol–water partition coefficient (Wildman–Crippen LogP) is 4.12. The molecule has 0 saturated carbocycles. The Balaban J connectivity index is 1.57. The van der Waals surface area contributed by atoms with Gasteiger partial charge in [0.2, 0.25) is 0 Å². The molecular weight excluding hydrogens is 395 g/mol. The van der Waals surface area contributed by atoms with Crippen LogP contribution in [-0.4, -0.2) is 46.9 Å². The third kappa shape index (κ3) is 3.26. The Kier molecular flexibility index (Phi) is 4.18. The highest BCUT2D eigenvalue weighted by atomic mass is 19.1. The first-order valence-corrected chi connectivity index (χ1v) is 10.5. The van der Waals surface area contributed by atoms with Gasteiger partial charge in [0.1, 0.15) is 11.9 Å². The Morgan fingerprint density at radius 2 is 1.90 bits per heavy atom. The minimum atomic E-state index is -1.08. The van der Waals surface area contributed by atoms with E-state index in [9.17, 15) is 5.11 Å². The third-order valence-electron chi connectivity index (χ3n) is 6.24. The van der Waals surface area contributed by atoms with Crippen LogP contribution in [0, 0.1) is 0 Å². The van der Waals surface area contributed by atoms with Gasteiger partial charge in [0.05, 0.1) is 17.3 Å². The van der Waals surface area contributed by atoms with E-state index in [4.69, 9.17) is 0 Å². The zero-order valence-electron chi connectivity index (χ0n) is 18.4. The van der Waals surface area contributed by atoms with Crippen LogP contribution >= 0.6 is 0 Å². The van der Waals surface area contributed by atoms with Gasteiger partial charge < -0.3 is 15.0 Å². The molecule has 2 N–H and O–H groups in total. The lowest BCUT2D eigenvalue weighted by molar-refractivity contribution is 0.0313. The summed E-state index contributed by atoms with van der Waals surface area (Å²) in [5.41, 5.74) is 1.68. The number of nitrogens with zero attached hydrogens (tertiary/aromatic N) is 5. The lowest BCUT2D eigenvalue weighted by Gasteiger charge is -2.49. The van der Waals surface area contributed by atoms with Crippen LogP contribution in [0.15, 0.2) is 36.7 Å². The molecule has 2 atom stereocenters. The maximum absolute atomic E-state index is 15.4. The molecule has 5 rings (SSSR count). The van der Waals surface area contributed by atoms with E-state index in [-0.39, 0.29) is 17.3 Å². The number of rotatable bonds is 2. The van der Waals surface area contributed by atoms with E-state index in [0.29, 0.717) is 23.3 Å². The number of hydrogen-bond donors (Lipinski definition) is 2. The highest BCUT2D eigenvalue weighted by Gasteiger charge is 2.47. The van der Waals surface area contributed by atoms with E-state index in [1.165, 1.54) is 0 Å². The van der Waals surface area contributed by atoms with Gasteiger partial charge in [-0.15, -0.1) is 10.2 Å². The van der Waals surface area contributed by atoms with Crippen LogP contribution in [0.1, 0.15) is 40.2 Å². The third-order valence-corrected chi connectivity index (χ3v) is 6.24. The van der Waals surface area contributed by atoms with Crippen molar-refractivity contribution in [3.8, 4) is 17.0 Å². The second-order valence-electron chi connectivity index (χ2n) is 9.87. The van der Waals surface area contributed by atoms with Gasteiger partial charge in [0, 0.05) is 46.9 Å². The first kappa shape index (κ1) is 19.9. The Morgan fingerprint density at radius 1 is 1.13 bits per heavy atom.